The summed E-state index contributed by atoms with van der Waals surface area (Å²) in [6.07, 6.45) is -4.50. The predicted molar refractivity (Wildman–Crippen MR) is 110 cm³/mol. The Morgan fingerprint density at radius 1 is 1.06 bits per heavy atom. The molecule has 0 bridgehead atoms. The Kier molecular flexibility index (Phi) is 6.11. The predicted octanol–water partition coefficient (Wildman–Crippen LogP) is 4.99. The monoisotopic (exact) mass is 448 g/mol. The molecule has 6 nitrogen and oxygen atoms in total. The molecule has 0 aliphatic heterocycles. The van der Waals surface area contributed by atoms with E-state index in [2.05, 4.69) is 10.5 Å². The van der Waals surface area contributed by atoms with Crippen molar-refractivity contribution in [2.24, 2.45) is 5.10 Å². The minimum Gasteiger partial charge on any atom is -0.506 e. The van der Waals surface area contributed by atoms with Gasteiger partial charge in [-0.05, 0) is 48.9 Å². The number of amides is 1. The third-order valence-corrected chi connectivity index (χ3v) is 5.34. The van der Waals surface area contributed by atoms with Gasteiger partial charge in [0.2, 0.25) is 0 Å². The molecule has 0 aliphatic rings. The maximum atomic E-state index is 12.9. The highest BCUT2D eigenvalue weighted by molar-refractivity contribution is 7.14. The summed E-state index contributed by atoms with van der Waals surface area (Å²) in [5.41, 5.74) is 2.39. The number of halogens is 3. The molecule has 3 N–H and O–H groups in total. The van der Waals surface area contributed by atoms with Crippen LogP contribution < -0.4 is 5.43 Å². The van der Waals surface area contributed by atoms with Crippen molar-refractivity contribution in [3.8, 4) is 16.2 Å². The fraction of sp³-hybridized carbons (Fsp3) is 0.0952. The van der Waals surface area contributed by atoms with Crippen molar-refractivity contribution in [1.29, 1.82) is 0 Å². The highest BCUT2D eigenvalue weighted by atomic mass is 32.1. The molecule has 2 aromatic carbocycles. The third kappa shape index (κ3) is 4.92. The zero-order chi connectivity index (χ0) is 22.8. The number of aromatic hydroxyl groups is 1. The fourth-order valence-electron chi connectivity index (χ4n) is 2.67. The molecule has 0 fully saturated rings. The number of carboxylic acids is 1. The van der Waals surface area contributed by atoms with E-state index in [4.69, 9.17) is 5.11 Å². The molecule has 1 aromatic heterocycles. The molecular formula is C21H15F3N2O4S. The average molecular weight is 448 g/mol. The van der Waals surface area contributed by atoms with Crippen LogP contribution >= 0.6 is 11.3 Å². The molecule has 160 valence electrons. The van der Waals surface area contributed by atoms with Gasteiger partial charge in [0.05, 0.1) is 27.3 Å². The standard InChI is InChI=1S/C21H15F3N2O4S/c1-11(25-26-19(28)12-5-7-13(8-6-12)20(29)30)16-10-31-18(17(16)27)14-3-2-4-15(9-14)21(22,23)24/h2-10,27H,1H3,(H,26,28)(H,29,30)/b25-11-. The van der Waals surface area contributed by atoms with Crippen molar-refractivity contribution in [2.45, 2.75) is 13.1 Å². The van der Waals surface area contributed by atoms with Crippen molar-refractivity contribution in [3.05, 3.63) is 76.2 Å². The van der Waals surface area contributed by atoms with Crippen LogP contribution in [0.25, 0.3) is 10.4 Å². The first-order valence-electron chi connectivity index (χ1n) is 8.74. The summed E-state index contributed by atoms with van der Waals surface area (Å²) >= 11 is 1.05. The number of rotatable bonds is 5. The molecule has 0 radical (unpaired) electrons. The number of thiophene rings is 1. The quantitative estimate of drug-likeness (QED) is 0.378. The van der Waals surface area contributed by atoms with E-state index in [0.29, 0.717) is 0 Å². The van der Waals surface area contributed by atoms with Gasteiger partial charge < -0.3 is 10.2 Å². The number of hydrogen-bond acceptors (Lipinski definition) is 5. The van der Waals surface area contributed by atoms with Crippen molar-refractivity contribution in [2.75, 3.05) is 0 Å². The van der Waals surface area contributed by atoms with Gasteiger partial charge in [0.15, 0.2) is 0 Å². The zero-order valence-corrected chi connectivity index (χ0v) is 16.7. The van der Waals surface area contributed by atoms with E-state index in [1.54, 1.807) is 0 Å². The molecule has 31 heavy (non-hydrogen) atoms. The normalized spacial score (nSPS) is 11.9. The molecule has 3 aromatic rings. The summed E-state index contributed by atoms with van der Waals surface area (Å²) in [5, 5.41) is 24.8. The van der Waals surface area contributed by atoms with Gasteiger partial charge in [-0.15, -0.1) is 11.3 Å². The van der Waals surface area contributed by atoms with Crippen LogP contribution in [0.2, 0.25) is 0 Å². The van der Waals surface area contributed by atoms with Crippen LogP contribution in [0.3, 0.4) is 0 Å². The molecule has 0 atom stereocenters. The van der Waals surface area contributed by atoms with E-state index >= 15 is 0 Å². The topological polar surface area (TPSA) is 99.0 Å². The van der Waals surface area contributed by atoms with Crippen molar-refractivity contribution < 1.29 is 33.0 Å². The number of hydrazone groups is 1. The Morgan fingerprint density at radius 2 is 1.71 bits per heavy atom. The summed E-state index contributed by atoms with van der Waals surface area (Å²) in [4.78, 5) is 23.3. The van der Waals surface area contributed by atoms with Crippen molar-refractivity contribution in [3.63, 3.8) is 0 Å². The number of carbonyl (C=O) groups is 2. The number of alkyl halides is 3. The van der Waals surface area contributed by atoms with Crippen LogP contribution in [0.4, 0.5) is 13.2 Å². The maximum Gasteiger partial charge on any atom is 0.416 e. The van der Waals surface area contributed by atoms with Gasteiger partial charge in [-0.1, -0.05) is 12.1 Å². The lowest BCUT2D eigenvalue weighted by atomic mass is 10.1. The Labute approximate surface area is 178 Å². The number of carbonyl (C=O) groups excluding carboxylic acids is 1. The molecule has 0 saturated heterocycles. The van der Waals surface area contributed by atoms with E-state index in [-0.39, 0.29) is 38.6 Å². The first kappa shape index (κ1) is 22.0. The summed E-state index contributed by atoms with van der Waals surface area (Å²) < 4.78 is 38.8. The Bertz CT molecular complexity index is 1170. The molecule has 0 unspecified atom stereocenters. The van der Waals surface area contributed by atoms with Crippen LogP contribution in [-0.2, 0) is 6.18 Å². The smallest absolute Gasteiger partial charge is 0.416 e. The molecule has 1 amide bonds. The lowest BCUT2D eigenvalue weighted by Crippen LogP contribution is -2.19. The van der Waals surface area contributed by atoms with Gasteiger partial charge in [-0.25, -0.2) is 10.2 Å². The van der Waals surface area contributed by atoms with Gasteiger partial charge in [-0.2, -0.15) is 18.3 Å². The summed E-state index contributed by atoms with van der Waals surface area (Å²) in [6.45, 7) is 1.52. The second-order valence-electron chi connectivity index (χ2n) is 6.43. The van der Waals surface area contributed by atoms with Crippen LogP contribution in [0, 0.1) is 0 Å². The van der Waals surface area contributed by atoms with E-state index < -0.39 is 23.6 Å². The minimum atomic E-state index is -4.50. The number of aromatic carboxylic acids is 1. The first-order valence-corrected chi connectivity index (χ1v) is 9.62. The lowest BCUT2D eigenvalue weighted by Gasteiger charge is -2.08. The van der Waals surface area contributed by atoms with Gasteiger partial charge >= 0.3 is 12.1 Å². The summed E-state index contributed by atoms with van der Waals surface area (Å²) in [7, 11) is 0. The summed E-state index contributed by atoms with van der Waals surface area (Å²) in [6, 6.07) is 9.83. The number of nitrogens with one attached hydrogen (secondary N) is 1. The van der Waals surface area contributed by atoms with Crippen molar-refractivity contribution in [1.82, 2.24) is 5.43 Å². The molecule has 1 heterocycles. The van der Waals surface area contributed by atoms with E-state index in [9.17, 15) is 27.9 Å². The van der Waals surface area contributed by atoms with Gasteiger partial charge in [0, 0.05) is 10.9 Å². The largest absolute Gasteiger partial charge is 0.506 e. The van der Waals surface area contributed by atoms with Crippen molar-refractivity contribution >= 4 is 28.9 Å². The molecule has 0 saturated carbocycles. The second-order valence-corrected chi connectivity index (χ2v) is 7.31. The van der Waals surface area contributed by atoms with E-state index in [1.807, 2.05) is 0 Å². The number of carboxylic acid groups (broad SMARTS) is 1. The number of benzene rings is 2. The third-order valence-electron chi connectivity index (χ3n) is 4.33. The zero-order valence-electron chi connectivity index (χ0n) is 15.9. The van der Waals surface area contributed by atoms with E-state index in [0.717, 1.165) is 23.5 Å². The van der Waals surface area contributed by atoms with Gasteiger partial charge in [0.25, 0.3) is 5.91 Å². The Balaban J connectivity index is 1.79. The minimum absolute atomic E-state index is 0.0292. The van der Waals surface area contributed by atoms with Gasteiger partial charge in [0.1, 0.15) is 5.75 Å². The van der Waals surface area contributed by atoms with Crippen LogP contribution in [0.1, 0.15) is 38.8 Å². The SMILES string of the molecule is C/C(=N/NC(=O)c1ccc(C(=O)O)cc1)c1csc(-c2cccc(C(F)(F)F)c2)c1O. The van der Waals surface area contributed by atoms with Crippen LogP contribution in [0.15, 0.2) is 59.0 Å². The second kappa shape index (κ2) is 8.60. The fourth-order valence-corrected chi connectivity index (χ4v) is 3.68. The van der Waals surface area contributed by atoms with Crippen LogP contribution in [0.5, 0.6) is 5.75 Å². The van der Waals surface area contributed by atoms with E-state index in [1.165, 1.54) is 48.7 Å². The highest BCUT2D eigenvalue weighted by Gasteiger charge is 2.31. The molecule has 10 heteroatoms. The molecule has 3 rings (SSSR count). The highest BCUT2D eigenvalue weighted by Crippen LogP contribution is 2.40. The Morgan fingerprint density at radius 3 is 2.32 bits per heavy atom. The molecular weight excluding hydrogens is 433 g/mol. The number of nitrogens with zero attached hydrogens (tertiary/aromatic N) is 1. The lowest BCUT2D eigenvalue weighted by molar-refractivity contribution is -0.137. The van der Waals surface area contributed by atoms with Gasteiger partial charge in [-0.3, -0.25) is 4.79 Å². The Hall–Kier alpha value is -3.66. The average Bonchev–Trinajstić information content (AvgIpc) is 3.12. The number of hydrogen-bond donors (Lipinski definition) is 3. The summed E-state index contributed by atoms with van der Waals surface area (Å²) in [5.74, 6) is -1.96. The first-order chi connectivity index (χ1) is 14.6. The molecule has 0 aliphatic carbocycles. The van der Waals surface area contributed by atoms with Crippen LogP contribution in [-0.4, -0.2) is 27.8 Å². The molecule has 0 spiro atoms. The maximum absolute atomic E-state index is 12.9.